The Morgan fingerprint density at radius 2 is 1.87 bits per heavy atom. The summed E-state index contributed by atoms with van der Waals surface area (Å²) in [5, 5.41) is 13.5. The minimum Gasteiger partial charge on any atom is -0.497 e. The Labute approximate surface area is 139 Å². The Hall–Kier alpha value is -1.14. The molecule has 0 saturated carbocycles. The summed E-state index contributed by atoms with van der Waals surface area (Å²) in [4.78, 5) is 2.32. The van der Waals surface area contributed by atoms with Gasteiger partial charge in [-0.2, -0.15) is 0 Å². The molecule has 1 aromatic rings. The number of piperidine rings is 1. The first-order chi connectivity index (χ1) is 11.1. The first-order valence-electron chi connectivity index (χ1n) is 8.41. The number of aliphatic hydroxyl groups is 1. The second-order valence-corrected chi connectivity index (χ2v) is 6.35. The summed E-state index contributed by atoms with van der Waals surface area (Å²) in [6.07, 6.45) is 1.84. The zero-order chi connectivity index (χ0) is 16.7. The molecule has 23 heavy (non-hydrogen) atoms. The van der Waals surface area contributed by atoms with E-state index in [0.717, 1.165) is 31.7 Å². The molecule has 2 N–H and O–H groups in total. The van der Waals surface area contributed by atoms with E-state index in [2.05, 4.69) is 29.3 Å². The minimum atomic E-state index is -0.386. The Bertz CT molecular complexity index is 444. The van der Waals surface area contributed by atoms with Gasteiger partial charge in [0.25, 0.3) is 0 Å². The summed E-state index contributed by atoms with van der Waals surface area (Å²) in [5.41, 5.74) is 1.28. The molecule has 0 aliphatic carbocycles. The molecule has 1 aliphatic heterocycles. The number of benzene rings is 1. The zero-order valence-electron chi connectivity index (χ0n) is 14.5. The molecule has 0 aromatic heterocycles. The van der Waals surface area contributed by atoms with Crippen LogP contribution in [0, 0.1) is 0 Å². The average Bonchev–Trinajstić information content (AvgIpc) is 2.57. The van der Waals surface area contributed by atoms with E-state index < -0.39 is 0 Å². The van der Waals surface area contributed by atoms with Gasteiger partial charge in [-0.1, -0.05) is 12.1 Å². The third-order valence-electron chi connectivity index (χ3n) is 4.52. The van der Waals surface area contributed by atoms with E-state index in [1.54, 1.807) is 14.2 Å². The number of nitrogens with zero attached hydrogens (tertiary/aromatic N) is 1. The van der Waals surface area contributed by atoms with Gasteiger partial charge in [-0.25, -0.2) is 0 Å². The van der Waals surface area contributed by atoms with Crippen molar-refractivity contribution in [3.05, 3.63) is 29.8 Å². The van der Waals surface area contributed by atoms with Crippen molar-refractivity contribution in [2.45, 2.75) is 38.0 Å². The maximum Gasteiger partial charge on any atom is 0.118 e. The largest absolute Gasteiger partial charge is 0.497 e. The molecule has 1 saturated heterocycles. The van der Waals surface area contributed by atoms with Crippen LogP contribution in [0.3, 0.4) is 0 Å². The van der Waals surface area contributed by atoms with Crippen LogP contribution in [0.4, 0.5) is 0 Å². The lowest BCUT2D eigenvalue weighted by atomic mass is 10.0. The zero-order valence-corrected chi connectivity index (χ0v) is 14.5. The summed E-state index contributed by atoms with van der Waals surface area (Å²) < 4.78 is 10.2. The van der Waals surface area contributed by atoms with Gasteiger partial charge in [-0.15, -0.1) is 0 Å². The highest BCUT2D eigenvalue weighted by atomic mass is 16.5. The topological polar surface area (TPSA) is 54.0 Å². The molecule has 1 fully saturated rings. The Morgan fingerprint density at radius 1 is 1.22 bits per heavy atom. The number of ether oxygens (including phenoxy) is 2. The van der Waals surface area contributed by atoms with Crippen molar-refractivity contribution >= 4 is 0 Å². The SMILES string of the molecule is COCC(O)CN1CCC(NC(C)c2ccc(OC)cc2)CC1. The maximum absolute atomic E-state index is 9.81. The number of hydrogen-bond donors (Lipinski definition) is 2. The summed E-state index contributed by atoms with van der Waals surface area (Å²) in [7, 11) is 3.31. The van der Waals surface area contributed by atoms with Gasteiger partial charge in [0.15, 0.2) is 0 Å². The van der Waals surface area contributed by atoms with Gasteiger partial charge in [0, 0.05) is 25.7 Å². The van der Waals surface area contributed by atoms with Crippen LogP contribution in [-0.4, -0.2) is 62.6 Å². The molecule has 2 rings (SSSR count). The number of rotatable bonds is 8. The first-order valence-corrected chi connectivity index (χ1v) is 8.41. The van der Waals surface area contributed by atoms with Crippen LogP contribution >= 0.6 is 0 Å². The fourth-order valence-electron chi connectivity index (χ4n) is 3.17. The standard InChI is InChI=1S/C18H30N2O3/c1-14(15-4-6-18(23-3)7-5-15)19-16-8-10-20(11-9-16)12-17(21)13-22-2/h4-7,14,16-17,19,21H,8-13H2,1-3H3. The molecule has 1 heterocycles. The first kappa shape index (κ1) is 18.2. The van der Waals surface area contributed by atoms with Crippen LogP contribution in [0.2, 0.25) is 0 Å². The van der Waals surface area contributed by atoms with E-state index in [4.69, 9.17) is 9.47 Å². The van der Waals surface area contributed by atoms with Crippen molar-refractivity contribution in [2.24, 2.45) is 0 Å². The van der Waals surface area contributed by atoms with E-state index in [1.165, 1.54) is 5.56 Å². The van der Waals surface area contributed by atoms with E-state index in [-0.39, 0.29) is 6.10 Å². The van der Waals surface area contributed by atoms with Crippen LogP contribution in [0.15, 0.2) is 24.3 Å². The van der Waals surface area contributed by atoms with E-state index in [9.17, 15) is 5.11 Å². The predicted molar refractivity (Wildman–Crippen MR) is 91.9 cm³/mol. The number of aliphatic hydroxyl groups excluding tert-OH is 1. The number of methoxy groups -OCH3 is 2. The van der Waals surface area contributed by atoms with Crippen molar-refractivity contribution in [1.82, 2.24) is 10.2 Å². The highest BCUT2D eigenvalue weighted by Crippen LogP contribution is 2.20. The Balaban J connectivity index is 1.74. The van der Waals surface area contributed by atoms with Gasteiger partial charge in [0.05, 0.1) is 19.8 Å². The molecule has 5 heteroatoms. The summed E-state index contributed by atoms with van der Waals surface area (Å²) >= 11 is 0. The van der Waals surface area contributed by atoms with Gasteiger partial charge in [-0.3, -0.25) is 0 Å². The monoisotopic (exact) mass is 322 g/mol. The molecule has 2 atom stereocenters. The van der Waals surface area contributed by atoms with Crippen LogP contribution < -0.4 is 10.1 Å². The van der Waals surface area contributed by atoms with E-state index in [1.807, 2.05) is 12.1 Å². The molecule has 0 radical (unpaired) electrons. The van der Waals surface area contributed by atoms with E-state index >= 15 is 0 Å². The summed E-state index contributed by atoms with van der Waals surface area (Å²) in [5.74, 6) is 0.892. The minimum absolute atomic E-state index is 0.330. The average molecular weight is 322 g/mol. The quantitative estimate of drug-likeness (QED) is 0.765. The predicted octanol–water partition coefficient (Wildman–Crippen LogP) is 1.82. The lowest BCUT2D eigenvalue weighted by molar-refractivity contribution is 0.0308. The van der Waals surface area contributed by atoms with Crippen LogP contribution in [0.25, 0.3) is 0 Å². The van der Waals surface area contributed by atoms with Crippen molar-refractivity contribution in [1.29, 1.82) is 0 Å². The van der Waals surface area contributed by atoms with Crippen LogP contribution in [-0.2, 0) is 4.74 Å². The van der Waals surface area contributed by atoms with Crippen molar-refractivity contribution in [3.63, 3.8) is 0 Å². The third-order valence-corrected chi connectivity index (χ3v) is 4.52. The molecular weight excluding hydrogens is 292 g/mol. The highest BCUT2D eigenvalue weighted by molar-refractivity contribution is 5.28. The lowest BCUT2D eigenvalue weighted by Crippen LogP contribution is -2.46. The number of hydrogen-bond acceptors (Lipinski definition) is 5. The molecule has 1 aliphatic rings. The normalized spacial score (nSPS) is 19.5. The molecule has 0 bridgehead atoms. The lowest BCUT2D eigenvalue weighted by Gasteiger charge is -2.34. The van der Waals surface area contributed by atoms with Gasteiger partial charge < -0.3 is 24.8 Å². The molecule has 1 aromatic carbocycles. The summed E-state index contributed by atoms with van der Waals surface area (Å²) in [6.45, 7) is 5.36. The highest BCUT2D eigenvalue weighted by Gasteiger charge is 2.22. The molecule has 0 amide bonds. The molecule has 0 spiro atoms. The molecule has 5 nitrogen and oxygen atoms in total. The Morgan fingerprint density at radius 3 is 2.43 bits per heavy atom. The van der Waals surface area contributed by atoms with Crippen LogP contribution in [0.1, 0.15) is 31.4 Å². The van der Waals surface area contributed by atoms with Crippen molar-refractivity contribution in [2.75, 3.05) is 40.5 Å². The smallest absolute Gasteiger partial charge is 0.118 e. The second kappa shape index (κ2) is 9.23. The number of likely N-dealkylation sites (tertiary alicyclic amines) is 1. The molecular formula is C18H30N2O3. The number of nitrogens with one attached hydrogen (secondary N) is 1. The van der Waals surface area contributed by atoms with Crippen LogP contribution in [0.5, 0.6) is 5.75 Å². The fraction of sp³-hybridized carbons (Fsp3) is 0.667. The van der Waals surface area contributed by atoms with Crippen molar-refractivity contribution in [3.8, 4) is 5.75 Å². The third kappa shape index (κ3) is 5.77. The Kier molecular flexibility index (Phi) is 7.30. The van der Waals surface area contributed by atoms with E-state index in [0.29, 0.717) is 25.2 Å². The number of β-amino-alcohol motifs (C(OH)–C–C–N with tert-alkyl or cyclic N) is 1. The van der Waals surface area contributed by atoms with Gasteiger partial charge in [-0.05, 0) is 50.6 Å². The van der Waals surface area contributed by atoms with Gasteiger partial charge in [0.1, 0.15) is 5.75 Å². The molecule has 130 valence electrons. The summed E-state index contributed by atoms with van der Waals surface area (Å²) in [6, 6.07) is 9.11. The van der Waals surface area contributed by atoms with Crippen molar-refractivity contribution < 1.29 is 14.6 Å². The van der Waals surface area contributed by atoms with Gasteiger partial charge in [0.2, 0.25) is 0 Å². The molecule has 2 unspecified atom stereocenters. The fourth-order valence-corrected chi connectivity index (χ4v) is 3.17. The maximum atomic E-state index is 9.81. The van der Waals surface area contributed by atoms with Gasteiger partial charge >= 0.3 is 0 Å². The second-order valence-electron chi connectivity index (χ2n) is 6.35.